The third-order valence-electron chi connectivity index (χ3n) is 3.40. The van der Waals surface area contributed by atoms with Gasteiger partial charge in [0.25, 0.3) is 0 Å². The quantitative estimate of drug-likeness (QED) is 0.347. The van der Waals surface area contributed by atoms with Gasteiger partial charge in [0, 0.05) is 10.8 Å². The van der Waals surface area contributed by atoms with Gasteiger partial charge in [-0.25, -0.2) is 4.79 Å². The summed E-state index contributed by atoms with van der Waals surface area (Å²) in [7, 11) is 1.27. The third-order valence-corrected chi connectivity index (χ3v) is 3.40. The van der Waals surface area contributed by atoms with Gasteiger partial charge in [-0.3, -0.25) is 0 Å². The summed E-state index contributed by atoms with van der Waals surface area (Å²) in [6.45, 7) is 0. The molecule has 0 N–H and O–H groups in total. The van der Waals surface area contributed by atoms with Crippen molar-refractivity contribution >= 4 is 28.1 Å². The molecule has 0 atom stereocenters. The van der Waals surface area contributed by atoms with Crippen LogP contribution in [0.1, 0.15) is 0 Å². The minimum absolute atomic E-state index is 0.486. The minimum atomic E-state index is -0.698. The van der Waals surface area contributed by atoms with E-state index in [1.165, 1.54) is 17.9 Å². The summed E-state index contributed by atoms with van der Waals surface area (Å²) in [6, 6.07) is 24.9. The van der Waals surface area contributed by atoms with Crippen molar-refractivity contribution in [2.45, 2.75) is 0 Å². The molecule has 0 amide bonds. The van der Waals surface area contributed by atoms with E-state index in [9.17, 15) is 4.79 Å². The second kappa shape index (κ2) is 7.33. The zero-order valence-corrected chi connectivity index (χ0v) is 13.1. The highest BCUT2D eigenvalue weighted by Crippen LogP contribution is 2.27. The van der Waals surface area contributed by atoms with Crippen LogP contribution in [0, 0.1) is 0 Å². The molecule has 4 aromatic rings. The van der Waals surface area contributed by atoms with Gasteiger partial charge in [0.2, 0.25) is 0 Å². The number of benzene rings is 3. The van der Waals surface area contributed by atoms with Crippen LogP contribution < -0.4 is 4.74 Å². The molecule has 0 aliphatic carbocycles. The standard InChI is InChI=1S/C12H8O.C8H8O3/c1-3-7-11-9(5-1)10-6-2-4-8-12(10)13-11;1-10-8(9)11-7-5-3-2-4-6-7/h1-8H;2-6H,1H3. The van der Waals surface area contributed by atoms with Crippen LogP contribution in [0.25, 0.3) is 21.9 Å². The van der Waals surface area contributed by atoms with E-state index in [2.05, 4.69) is 16.9 Å². The van der Waals surface area contributed by atoms with Gasteiger partial charge in [0.1, 0.15) is 16.9 Å². The molecule has 4 rings (SSSR count). The lowest BCUT2D eigenvalue weighted by molar-refractivity contribution is 0.121. The second-order valence-corrected chi connectivity index (χ2v) is 4.96. The number of fused-ring (bicyclic) bond motifs is 3. The Bertz CT molecular complexity index is 891. The zero-order valence-electron chi connectivity index (χ0n) is 13.1. The van der Waals surface area contributed by atoms with E-state index in [4.69, 9.17) is 9.15 Å². The number of furan rings is 1. The molecule has 0 aliphatic rings. The van der Waals surface area contributed by atoms with E-state index in [0.29, 0.717) is 5.75 Å². The van der Waals surface area contributed by atoms with Gasteiger partial charge in [0.15, 0.2) is 0 Å². The Morgan fingerprint density at radius 1 is 0.750 bits per heavy atom. The van der Waals surface area contributed by atoms with Crippen molar-refractivity contribution < 1.29 is 18.7 Å². The maximum Gasteiger partial charge on any atom is 0.513 e. The Kier molecular flexibility index (Phi) is 4.77. The Balaban J connectivity index is 0.000000144. The highest BCUT2D eigenvalue weighted by atomic mass is 16.7. The zero-order chi connectivity index (χ0) is 16.8. The van der Waals surface area contributed by atoms with E-state index in [1.807, 2.05) is 42.5 Å². The highest BCUT2D eigenvalue weighted by Gasteiger charge is 2.03. The number of para-hydroxylation sites is 3. The summed E-state index contributed by atoms with van der Waals surface area (Å²) < 4.78 is 14.6. The molecule has 1 aromatic heterocycles. The van der Waals surface area contributed by atoms with Crippen LogP contribution in [0.5, 0.6) is 5.75 Å². The summed E-state index contributed by atoms with van der Waals surface area (Å²) in [5.74, 6) is 0.486. The van der Waals surface area contributed by atoms with Crippen molar-refractivity contribution in [1.29, 1.82) is 0 Å². The molecule has 0 radical (unpaired) electrons. The van der Waals surface area contributed by atoms with Gasteiger partial charge in [0.05, 0.1) is 7.11 Å². The van der Waals surface area contributed by atoms with Gasteiger partial charge in [-0.05, 0) is 24.3 Å². The van der Waals surface area contributed by atoms with Crippen LogP contribution >= 0.6 is 0 Å². The maximum absolute atomic E-state index is 10.5. The number of carbonyl (C=O) groups excluding carboxylic acids is 1. The lowest BCUT2D eigenvalue weighted by Gasteiger charge is -1.99. The highest BCUT2D eigenvalue weighted by molar-refractivity contribution is 6.04. The van der Waals surface area contributed by atoms with Crippen molar-refractivity contribution in [3.63, 3.8) is 0 Å². The molecule has 0 spiro atoms. The van der Waals surface area contributed by atoms with Gasteiger partial charge < -0.3 is 13.9 Å². The Hall–Kier alpha value is -3.27. The average Bonchev–Trinajstić information content (AvgIpc) is 3.02. The number of hydrogen-bond acceptors (Lipinski definition) is 4. The fraction of sp³-hybridized carbons (Fsp3) is 0.0500. The Morgan fingerprint density at radius 3 is 1.79 bits per heavy atom. The van der Waals surface area contributed by atoms with E-state index >= 15 is 0 Å². The van der Waals surface area contributed by atoms with Crippen molar-refractivity contribution in [2.75, 3.05) is 7.11 Å². The number of rotatable bonds is 1. The molecular formula is C20H16O4. The van der Waals surface area contributed by atoms with Crippen molar-refractivity contribution in [2.24, 2.45) is 0 Å². The average molecular weight is 320 g/mol. The van der Waals surface area contributed by atoms with Crippen LogP contribution in [0.15, 0.2) is 83.3 Å². The van der Waals surface area contributed by atoms with Crippen molar-refractivity contribution in [1.82, 2.24) is 0 Å². The molecule has 4 heteroatoms. The summed E-state index contributed by atoms with van der Waals surface area (Å²) in [5, 5.41) is 2.39. The normalized spacial score (nSPS) is 10.0. The molecule has 0 fully saturated rings. The van der Waals surface area contributed by atoms with Crippen LogP contribution in [0.4, 0.5) is 4.79 Å². The van der Waals surface area contributed by atoms with Gasteiger partial charge in [-0.15, -0.1) is 0 Å². The van der Waals surface area contributed by atoms with Crippen molar-refractivity contribution in [3.05, 3.63) is 78.9 Å². The number of carbonyl (C=O) groups is 1. The van der Waals surface area contributed by atoms with Gasteiger partial charge >= 0.3 is 6.16 Å². The SMILES string of the molecule is COC(=O)Oc1ccccc1.c1ccc2c(c1)oc1ccccc12. The second-order valence-electron chi connectivity index (χ2n) is 4.96. The van der Waals surface area contributed by atoms with E-state index < -0.39 is 6.16 Å². The first-order valence-electron chi connectivity index (χ1n) is 7.45. The first kappa shape index (κ1) is 15.6. The molecule has 0 aliphatic heterocycles. The van der Waals surface area contributed by atoms with E-state index in [0.717, 1.165) is 11.2 Å². The Morgan fingerprint density at radius 2 is 1.25 bits per heavy atom. The minimum Gasteiger partial charge on any atom is -0.456 e. The molecule has 4 nitrogen and oxygen atoms in total. The lowest BCUT2D eigenvalue weighted by Crippen LogP contribution is -2.06. The fourth-order valence-electron chi connectivity index (χ4n) is 2.30. The lowest BCUT2D eigenvalue weighted by atomic mass is 10.2. The molecule has 3 aromatic carbocycles. The molecule has 0 bridgehead atoms. The third kappa shape index (κ3) is 3.55. The predicted octanol–water partition coefficient (Wildman–Crippen LogP) is 5.42. The van der Waals surface area contributed by atoms with Crippen LogP contribution in [-0.4, -0.2) is 13.3 Å². The number of hydrogen-bond donors (Lipinski definition) is 0. The monoisotopic (exact) mass is 320 g/mol. The molecular weight excluding hydrogens is 304 g/mol. The fourth-order valence-corrected chi connectivity index (χ4v) is 2.30. The van der Waals surface area contributed by atoms with Crippen LogP contribution in [0.3, 0.4) is 0 Å². The van der Waals surface area contributed by atoms with Crippen LogP contribution in [-0.2, 0) is 4.74 Å². The maximum atomic E-state index is 10.5. The number of ether oxygens (including phenoxy) is 2. The molecule has 120 valence electrons. The Labute approximate surface area is 139 Å². The first-order valence-corrected chi connectivity index (χ1v) is 7.45. The summed E-state index contributed by atoms with van der Waals surface area (Å²) >= 11 is 0. The summed E-state index contributed by atoms with van der Waals surface area (Å²) in [4.78, 5) is 10.5. The van der Waals surface area contributed by atoms with Crippen molar-refractivity contribution in [3.8, 4) is 5.75 Å². The molecule has 24 heavy (non-hydrogen) atoms. The van der Waals surface area contributed by atoms with Crippen LogP contribution in [0.2, 0.25) is 0 Å². The van der Waals surface area contributed by atoms with Gasteiger partial charge in [-0.2, -0.15) is 0 Å². The summed E-state index contributed by atoms with van der Waals surface area (Å²) in [6.07, 6.45) is -0.698. The molecule has 0 saturated heterocycles. The van der Waals surface area contributed by atoms with Gasteiger partial charge in [-0.1, -0.05) is 54.6 Å². The van der Waals surface area contributed by atoms with E-state index in [1.54, 1.807) is 24.3 Å². The summed E-state index contributed by atoms with van der Waals surface area (Å²) in [5.41, 5.74) is 1.92. The number of methoxy groups -OCH3 is 1. The predicted molar refractivity (Wildman–Crippen MR) is 93.2 cm³/mol. The smallest absolute Gasteiger partial charge is 0.456 e. The largest absolute Gasteiger partial charge is 0.513 e. The molecule has 0 saturated carbocycles. The molecule has 0 unspecified atom stereocenters. The van der Waals surface area contributed by atoms with E-state index in [-0.39, 0.29) is 0 Å². The molecule has 1 heterocycles. The first-order chi connectivity index (χ1) is 11.8. The topological polar surface area (TPSA) is 48.7 Å².